The molecule has 0 saturated carbocycles. The lowest BCUT2D eigenvalue weighted by molar-refractivity contribution is -0.137. The van der Waals surface area contributed by atoms with Crippen molar-refractivity contribution in [2.75, 3.05) is 6.61 Å². The molecule has 1 heterocycles. The van der Waals surface area contributed by atoms with E-state index in [1.807, 2.05) is 24.3 Å². The molecule has 1 N–H and O–H groups in total. The molecular weight excluding hydrogens is 196 g/mol. The molecule has 1 aliphatic rings. The van der Waals surface area contributed by atoms with E-state index in [9.17, 15) is 4.79 Å². The summed E-state index contributed by atoms with van der Waals surface area (Å²) in [5.74, 6) is 0.612. The molecule has 80 valence electrons. The Hall–Kier alpha value is -1.71. The molecule has 1 aromatic rings. The van der Waals surface area contributed by atoms with E-state index in [-0.39, 0.29) is 12.5 Å². The average Bonchev–Trinajstić information content (AvgIpc) is 2.26. The number of aliphatic carboxylic acids is 1. The van der Waals surface area contributed by atoms with Crippen molar-refractivity contribution in [1.29, 1.82) is 0 Å². The number of rotatable bonds is 3. The molecular formula is C11H12O4. The highest BCUT2D eigenvalue weighted by molar-refractivity contribution is 5.66. The Morgan fingerprint density at radius 2 is 2.13 bits per heavy atom. The zero-order valence-electron chi connectivity index (χ0n) is 8.18. The first-order chi connectivity index (χ1) is 7.25. The fourth-order valence-electron chi connectivity index (χ4n) is 1.49. The van der Waals surface area contributed by atoms with Gasteiger partial charge in [0.1, 0.15) is 12.7 Å². The van der Waals surface area contributed by atoms with Crippen molar-refractivity contribution in [2.24, 2.45) is 0 Å². The molecule has 0 bridgehead atoms. The molecule has 4 nitrogen and oxygen atoms in total. The van der Waals surface area contributed by atoms with E-state index >= 15 is 0 Å². The van der Waals surface area contributed by atoms with Crippen LogP contribution < -0.4 is 9.47 Å². The van der Waals surface area contributed by atoms with Gasteiger partial charge in [-0.15, -0.1) is 0 Å². The second kappa shape index (κ2) is 4.21. The van der Waals surface area contributed by atoms with E-state index in [1.165, 1.54) is 0 Å². The van der Waals surface area contributed by atoms with Crippen LogP contribution in [0.25, 0.3) is 0 Å². The predicted molar refractivity (Wildman–Crippen MR) is 53.2 cm³/mol. The van der Waals surface area contributed by atoms with E-state index in [0.29, 0.717) is 18.8 Å². The van der Waals surface area contributed by atoms with Crippen LogP contribution in [0, 0.1) is 0 Å². The zero-order valence-corrected chi connectivity index (χ0v) is 8.18. The smallest absolute Gasteiger partial charge is 0.303 e. The first kappa shape index (κ1) is 9.83. The lowest BCUT2D eigenvalue weighted by Crippen LogP contribution is -2.29. The molecule has 1 aromatic carbocycles. The Morgan fingerprint density at radius 3 is 2.87 bits per heavy atom. The van der Waals surface area contributed by atoms with Crippen molar-refractivity contribution >= 4 is 5.97 Å². The monoisotopic (exact) mass is 208 g/mol. The summed E-state index contributed by atoms with van der Waals surface area (Å²) in [6.07, 6.45) is 0.427. The van der Waals surface area contributed by atoms with Crippen LogP contribution in [0.4, 0.5) is 0 Å². The van der Waals surface area contributed by atoms with Crippen LogP contribution in [0.5, 0.6) is 11.5 Å². The van der Waals surface area contributed by atoms with Gasteiger partial charge >= 0.3 is 5.97 Å². The third-order valence-electron chi connectivity index (χ3n) is 2.25. The number of hydrogen-bond donors (Lipinski definition) is 1. The van der Waals surface area contributed by atoms with E-state index in [4.69, 9.17) is 14.6 Å². The highest BCUT2D eigenvalue weighted by Crippen LogP contribution is 2.31. The third-order valence-corrected chi connectivity index (χ3v) is 2.25. The molecule has 0 radical (unpaired) electrons. The summed E-state index contributed by atoms with van der Waals surface area (Å²) in [4.78, 5) is 10.4. The maximum absolute atomic E-state index is 10.4. The van der Waals surface area contributed by atoms with Gasteiger partial charge in [-0.25, -0.2) is 0 Å². The van der Waals surface area contributed by atoms with Gasteiger partial charge in [0.15, 0.2) is 11.5 Å². The van der Waals surface area contributed by atoms with E-state index in [2.05, 4.69) is 0 Å². The fourth-order valence-corrected chi connectivity index (χ4v) is 1.49. The molecule has 2 rings (SSSR count). The molecule has 0 saturated heterocycles. The topological polar surface area (TPSA) is 55.8 Å². The van der Waals surface area contributed by atoms with Gasteiger partial charge in [-0.3, -0.25) is 4.79 Å². The van der Waals surface area contributed by atoms with Crippen LogP contribution in [-0.4, -0.2) is 23.8 Å². The average molecular weight is 208 g/mol. The van der Waals surface area contributed by atoms with E-state index in [0.717, 1.165) is 5.75 Å². The number of carboxylic acid groups (broad SMARTS) is 1. The Kier molecular flexibility index (Phi) is 2.76. The summed E-state index contributed by atoms with van der Waals surface area (Å²) < 4.78 is 11.0. The number of para-hydroxylation sites is 2. The van der Waals surface area contributed by atoms with Crippen molar-refractivity contribution in [2.45, 2.75) is 18.9 Å². The minimum atomic E-state index is -0.808. The quantitative estimate of drug-likeness (QED) is 0.821. The van der Waals surface area contributed by atoms with Crippen LogP contribution in [0.3, 0.4) is 0 Å². The first-order valence-corrected chi connectivity index (χ1v) is 4.86. The maximum atomic E-state index is 10.4. The molecule has 1 aliphatic heterocycles. The van der Waals surface area contributed by atoms with Gasteiger partial charge in [-0.1, -0.05) is 12.1 Å². The second-order valence-corrected chi connectivity index (χ2v) is 3.43. The van der Waals surface area contributed by atoms with E-state index in [1.54, 1.807) is 0 Å². The number of carboxylic acids is 1. The fraction of sp³-hybridized carbons (Fsp3) is 0.364. The van der Waals surface area contributed by atoms with Gasteiger partial charge in [0.25, 0.3) is 0 Å². The highest BCUT2D eigenvalue weighted by atomic mass is 16.6. The van der Waals surface area contributed by atoms with Crippen LogP contribution in [-0.2, 0) is 4.79 Å². The largest absolute Gasteiger partial charge is 0.486 e. The summed E-state index contributed by atoms with van der Waals surface area (Å²) in [5.41, 5.74) is 0. The molecule has 0 fully saturated rings. The van der Waals surface area contributed by atoms with Crippen LogP contribution in [0.1, 0.15) is 12.8 Å². The summed E-state index contributed by atoms with van der Waals surface area (Å²) in [6, 6.07) is 7.40. The molecule has 0 aromatic heterocycles. The first-order valence-electron chi connectivity index (χ1n) is 4.86. The predicted octanol–water partition coefficient (Wildman–Crippen LogP) is 1.69. The number of hydrogen-bond acceptors (Lipinski definition) is 3. The molecule has 0 aliphatic carbocycles. The SMILES string of the molecule is O=C(O)CC[C@@H]1COc2ccccc2O1. The van der Waals surface area contributed by atoms with Gasteiger partial charge in [-0.2, -0.15) is 0 Å². The van der Waals surface area contributed by atoms with Crippen LogP contribution in [0.2, 0.25) is 0 Å². The lowest BCUT2D eigenvalue weighted by atomic mass is 10.2. The maximum Gasteiger partial charge on any atom is 0.303 e. The van der Waals surface area contributed by atoms with Gasteiger partial charge in [0, 0.05) is 6.42 Å². The lowest BCUT2D eigenvalue weighted by Gasteiger charge is -2.25. The van der Waals surface area contributed by atoms with E-state index < -0.39 is 5.97 Å². The van der Waals surface area contributed by atoms with Crippen LogP contribution >= 0.6 is 0 Å². The Bertz CT molecular complexity index is 361. The Labute approximate surface area is 87.4 Å². The molecule has 0 spiro atoms. The molecule has 0 amide bonds. The Balaban J connectivity index is 1.96. The zero-order chi connectivity index (χ0) is 10.7. The Morgan fingerprint density at radius 1 is 1.40 bits per heavy atom. The standard InChI is InChI=1S/C11H12O4/c12-11(13)6-5-8-7-14-9-3-1-2-4-10(9)15-8/h1-4,8H,5-7H2,(H,12,13)/t8-/m1/s1. The van der Waals surface area contributed by atoms with Crippen molar-refractivity contribution in [1.82, 2.24) is 0 Å². The highest BCUT2D eigenvalue weighted by Gasteiger charge is 2.20. The third kappa shape index (κ3) is 2.40. The van der Waals surface area contributed by atoms with Gasteiger partial charge in [0.2, 0.25) is 0 Å². The van der Waals surface area contributed by atoms with Gasteiger partial charge < -0.3 is 14.6 Å². The summed E-state index contributed by atoms with van der Waals surface area (Å²) in [7, 11) is 0. The minimum absolute atomic E-state index is 0.107. The molecule has 1 atom stereocenters. The van der Waals surface area contributed by atoms with Crippen molar-refractivity contribution in [3.05, 3.63) is 24.3 Å². The summed E-state index contributed by atoms with van der Waals surface area (Å²) in [6.45, 7) is 0.421. The molecule has 0 unspecified atom stereocenters. The minimum Gasteiger partial charge on any atom is -0.486 e. The molecule has 15 heavy (non-hydrogen) atoms. The van der Waals surface area contributed by atoms with Crippen LogP contribution in [0.15, 0.2) is 24.3 Å². The van der Waals surface area contributed by atoms with Crippen molar-refractivity contribution < 1.29 is 19.4 Å². The van der Waals surface area contributed by atoms with Crippen molar-refractivity contribution in [3.8, 4) is 11.5 Å². The van der Waals surface area contributed by atoms with Crippen molar-refractivity contribution in [3.63, 3.8) is 0 Å². The summed E-state index contributed by atoms with van der Waals surface area (Å²) in [5, 5.41) is 8.54. The second-order valence-electron chi connectivity index (χ2n) is 3.43. The summed E-state index contributed by atoms with van der Waals surface area (Å²) >= 11 is 0. The number of ether oxygens (including phenoxy) is 2. The number of benzene rings is 1. The number of fused-ring (bicyclic) bond motifs is 1. The number of carbonyl (C=O) groups is 1. The normalized spacial score (nSPS) is 18.5. The van der Waals surface area contributed by atoms with Gasteiger partial charge in [-0.05, 0) is 18.6 Å². The molecule has 4 heteroatoms. The van der Waals surface area contributed by atoms with Gasteiger partial charge in [0.05, 0.1) is 0 Å².